The minimum atomic E-state index is -1.34. The van der Waals surface area contributed by atoms with Gasteiger partial charge in [-0.1, -0.05) is 35.1 Å². The maximum absolute atomic E-state index is 8.67. The van der Waals surface area contributed by atoms with Crippen LogP contribution in [0.4, 0.5) is 0 Å². The largest absolute Gasteiger partial charge is 0.393 e. The topological polar surface area (TPSA) is 122 Å². The van der Waals surface area contributed by atoms with Gasteiger partial charge >= 0.3 is 0 Å². The summed E-state index contributed by atoms with van der Waals surface area (Å²) in [6.45, 7) is 8.57. The molecule has 1 N–H and O–H groups in total. The van der Waals surface area contributed by atoms with Crippen molar-refractivity contribution >= 4 is 0 Å². The van der Waals surface area contributed by atoms with Crippen LogP contribution in [0.15, 0.2) is 0 Å². The van der Waals surface area contributed by atoms with Crippen molar-refractivity contribution in [1.29, 1.82) is 0 Å². The fourth-order valence-electron chi connectivity index (χ4n) is 4.72. The molecule has 0 spiro atoms. The van der Waals surface area contributed by atoms with Crippen LogP contribution < -0.4 is 0 Å². The standard InChI is InChI=1S/C20H38O11.C5H12O.C2H6.CH4/c1-21-9-12-14(24-4)16(26-6)17(27-7)19(29-12)31-20(11-23-3)18(28-8)15(25-5)13(30-20)10-22-2;1-3-5(6)4-2;1-2;/h12-19H,9-11H2,1-8H3;5-6H,3-4H2,1-2H3;1-2H3;1H4/t12?,13-,14-,15+,16-,17?,18?,19-,20+;;;/m1.../s1. The zero-order valence-corrected chi connectivity index (χ0v) is 26.2. The lowest BCUT2D eigenvalue weighted by Gasteiger charge is -2.47. The molecule has 0 aromatic heterocycles. The third-order valence-corrected chi connectivity index (χ3v) is 6.65. The molecule has 2 rings (SSSR count). The van der Waals surface area contributed by atoms with Gasteiger partial charge in [-0.2, -0.15) is 0 Å². The van der Waals surface area contributed by atoms with Gasteiger partial charge in [0.15, 0.2) is 6.29 Å². The van der Waals surface area contributed by atoms with Crippen molar-refractivity contribution < 1.29 is 57.2 Å². The van der Waals surface area contributed by atoms with E-state index in [2.05, 4.69) is 0 Å². The molecule has 2 fully saturated rings. The zero-order chi connectivity index (χ0) is 30.0. The Balaban J connectivity index is 0. The molecule has 12 heteroatoms. The monoisotopic (exact) mass is 588 g/mol. The van der Waals surface area contributed by atoms with Crippen molar-refractivity contribution in [3.63, 3.8) is 0 Å². The quantitative estimate of drug-likeness (QED) is 0.303. The summed E-state index contributed by atoms with van der Waals surface area (Å²) in [5.74, 6) is -1.34. The highest BCUT2D eigenvalue weighted by Crippen LogP contribution is 2.40. The van der Waals surface area contributed by atoms with Gasteiger partial charge in [0.2, 0.25) is 5.79 Å². The summed E-state index contributed by atoms with van der Waals surface area (Å²) in [7, 11) is 12.6. The Kier molecular flexibility index (Phi) is 24.0. The number of rotatable bonds is 15. The summed E-state index contributed by atoms with van der Waals surface area (Å²) >= 11 is 0. The van der Waals surface area contributed by atoms with Crippen molar-refractivity contribution in [2.45, 2.75) is 109 Å². The van der Waals surface area contributed by atoms with Crippen molar-refractivity contribution in [1.82, 2.24) is 0 Å². The third-order valence-electron chi connectivity index (χ3n) is 6.65. The van der Waals surface area contributed by atoms with Crippen LogP contribution in [0, 0.1) is 0 Å². The minimum Gasteiger partial charge on any atom is -0.393 e. The molecule has 0 radical (unpaired) electrons. The van der Waals surface area contributed by atoms with Gasteiger partial charge in [0.1, 0.15) is 49.3 Å². The molecular formula is C28H60O12. The van der Waals surface area contributed by atoms with Gasteiger partial charge in [0.05, 0.1) is 19.3 Å². The number of aliphatic hydroxyl groups is 1. The average Bonchev–Trinajstić information content (AvgIpc) is 3.25. The molecule has 9 atom stereocenters. The molecule has 40 heavy (non-hydrogen) atoms. The number of ether oxygens (including phenoxy) is 11. The summed E-state index contributed by atoms with van der Waals surface area (Å²) in [5, 5.41) is 8.67. The lowest BCUT2D eigenvalue weighted by atomic mass is 9.98. The van der Waals surface area contributed by atoms with Gasteiger partial charge in [-0.3, -0.25) is 0 Å². The van der Waals surface area contributed by atoms with Gasteiger partial charge in [-0.15, -0.1) is 0 Å². The predicted octanol–water partition coefficient (Wildman–Crippen LogP) is 2.67. The number of methoxy groups -OCH3 is 8. The molecule has 0 bridgehead atoms. The Morgan fingerprint density at radius 3 is 1.55 bits per heavy atom. The molecular weight excluding hydrogens is 528 g/mol. The fraction of sp³-hybridized carbons (Fsp3) is 1.00. The van der Waals surface area contributed by atoms with E-state index in [9.17, 15) is 0 Å². The number of hydrogen-bond donors (Lipinski definition) is 1. The van der Waals surface area contributed by atoms with E-state index in [0.29, 0.717) is 0 Å². The van der Waals surface area contributed by atoms with Crippen molar-refractivity contribution in [3.8, 4) is 0 Å². The second-order valence-electron chi connectivity index (χ2n) is 8.90. The van der Waals surface area contributed by atoms with Crippen LogP contribution >= 0.6 is 0 Å². The minimum absolute atomic E-state index is 0. The highest BCUT2D eigenvalue weighted by Gasteiger charge is 2.60. The molecule has 0 aliphatic carbocycles. The van der Waals surface area contributed by atoms with Crippen LogP contribution in [0.25, 0.3) is 0 Å². The van der Waals surface area contributed by atoms with Gasteiger partial charge < -0.3 is 57.2 Å². The normalized spacial score (nSPS) is 33.5. The van der Waals surface area contributed by atoms with Crippen LogP contribution in [0.1, 0.15) is 48.0 Å². The first-order valence-corrected chi connectivity index (χ1v) is 13.6. The van der Waals surface area contributed by atoms with Crippen molar-refractivity contribution in [2.75, 3.05) is 76.7 Å². The molecule has 2 aliphatic heterocycles. The van der Waals surface area contributed by atoms with Gasteiger partial charge in [0.25, 0.3) is 0 Å². The first-order chi connectivity index (χ1) is 18.8. The summed E-state index contributed by atoms with van der Waals surface area (Å²) in [4.78, 5) is 0. The molecule has 0 amide bonds. The summed E-state index contributed by atoms with van der Waals surface area (Å²) < 4.78 is 63.5. The van der Waals surface area contributed by atoms with E-state index >= 15 is 0 Å². The summed E-state index contributed by atoms with van der Waals surface area (Å²) in [5.41, 5.74) is 0. The highest BCUT2D eigenvalue weighted by molar-refractivity contribution is 5.01. The Morgan fingerprint density at radius 2 is 1.18 bits per heavy atom. The zero-order valence-electron chi connectivity index (χ0n) is 26.2. The molecule has 12 nitrogen and oxygen atoms in total. The Morgan fingerprint density at radius 1 is 0.675 bits per heavy atom. The molecule has 0 saturated carbocycles. The van der Waals surface area contributed by atoms with Crippen LogP contribution in [0.2, 0.25) is 0 Å². The first-order valence-electron chi connectivity index (χ1n) is 13.6. The molecule has 0 aromatic carbocycles. The van der Waals surface area contributed by atoms with Crippen LogP contribution in [-0.4, -0.2) is 143 Å². The SMILES string of the molecule is C.CC.CCC(O)CC.COCC1O[C@H](O[C@]2(COC)O[C@H](COC)[C@H](OC)C2OC)C(OC)[C@H](OC)[C@@H]1OC. The molecule has 2 aliphatic rings. The molecule has 0 aromatic rings. The third kappa shape index (κ3) is 11.0. The predicted molar refractivity (Wildman–Crippen MR) is 152 cm³/mol. The van der Waals surface area contributed by atoms with E-state index < -0.39 is 54.8 Å². The maximum atomic E-state index is 8.67. The Labute approximate surface area is 243 Å². The molecule has 244 valence electrons. The van der Waals surface area contributed by atoms with Crippen molar-refractivity contribution in [2.24, 2.45) is 0 Å². The fourth-order valence-corrected chi connectivity index (χ4v) is 4.72. The first kappa shape index (κ1) is 41.7. The second-order valence-corrected chi connectivity index (χ2v) is 8.90. The molecule has 3 unspecified atom stereocenters. The maximum Gasteiger partial charge on any atom is 0.224 e. The number of aliphatic hydroxyl groups excluding tert-OH is 1. The lowest BCUT2D eigenvalue weighted by molar-refractivity contribution is -0.390. The van der Waals surface area contributed by atoms with Gasteiger partial charge in [-0.25, -0.2) is 0 Å². The molecule has 2 heterocycles. The Bertz CT molecular complexity index is 581. The summed E-state index contributed by atoms with van der Waals surface area (Å²) in [6.07, 6.45) is -2.71. The smallest absolute Gasteiger partial charge is 0.224 e. The highest BCUT2D eigenvalue weighted by atomic mass is 16.8. The van der Waals surface area contributed by atoms with Crippen molar-refractivity contribution in [3.05, 3.63) is 0 Å². The van der Waals surface area contributed by atoms with E-state index in [4.69, 9.17) is 57.2 Å². The van der Waals surface area contributed by atoms with Crippen LogP contribution in [0.5, 0.6) is 0 Å². The van der Waals surface area contributed by atoms with Crippen LogP contribution in [-0.2, 0) is 52.1 Å². The Hall–Kier alpha value is -0.480. The van der Waals surface area contributed by atoms with Crippen LogP contribution in [0.3, 0.4) is 0 Å². The van der Waals surface area contributed by atoms with E-state index in [0.717, 1.165) is 12.8 Å². The average molecular weight is 589 g/mol. The van der Waals surface area contributed by atoms with Gasteiger partial charge in [0, 0.05) is 56.9 Å². The van der Waals surface area contributed by atoms with E-state index in [1.54, 1.807) is 56.9 Å². The van der Waals surface area contributed by atoms with E-state index in [-0.39, 0.29) is 33.4 Å². The molecule has 2 saturated heterocycles. The van der Waals surface area contributed by atoms with E-state index in [1.165, 1.54) is 0 Å². The lowest BCUT2D eigenvalue weighted by Crippen LogP contribution is -2.64. The summed E-state index contributed by atoms with van der Waals surface area (Å²) in [6, 6.07) is 0. The van der Waals surface area contributed by atoms with E-state index in [1.807, 2.05) is 27.7 Å². The van der Waals surface area contributed by atoms with Gasteiger partial charge in [-0.05, 0) is 12.8 Å². The number of hydrogen-bond acceptors (Lipinski definition) is 12. The second kappa shape index (κ2) is 23.0.